The average Bonchev–Trinajstić information content (AvgIpc) is 3.23. The standard InChI is InChI=1S/C22H25N3O5/c1-28-19-5-3-2-4-17(19)23-22(27)14-25-10-8-24(9-11-25)13-18(26)16-6-7-20-21(12-16)30-15-29-20/h2-7,12H,8-11,13-15H2,1H3,(H,23,27)/p+2. The molecule has 8 nitrogen and oxygen atoms in total. The third-order valence-corrected chi connectivity index (χ3v) is 5.56. The Morgan fingerprint density at radius 2 is 1.67 bits per heavy atom. The molecule has 0 radical (unpaired) electrons. The van der Waals surface area contributed by atoms with E-state index in [9.17, 15) is 9.59 Å². The molecule has 1 saturated heterocycles. The van der Waals surface area contributed by atoms with E-state index in [1.54, 1.807) is 25.3 Å². The van der Waals surface area contributed by atoms with Gasteiger partial charge in [-0.15, -0.1) is 0 Å². The van der Waals surface area contributed by atoms with E-state index in [1.807, 2.05) is 24.3 Å². The van der Waals surface area contributed by atoms with Crippen molar-refractivity contribution in [3.8, 4) is 17.2 Å². The highest BCUT2D eigenvalue weighted by Gasteiger charge is 2.27. The Morgan fingerprint density at radius 3 is 2.43 bits per heavy atom. The van der Waals surface area contributed by atoms with Crippen LogP contribution in [-0.4, -0.2) is 64.9 Å². The Labute approximate surface area is 175 Å². The van der Waals surface area contributed by atoms with Gasteiger partial charge in [-0.25, -0.2) is 0 Å². The Kier molecular flexibility index (Phi) is 6.15. The zero-order chi connectivity index (χ0) is 20.9. The molecule has 1 amide bonds. The monoisotopic (exact) mass is 413 g/mol. The lowest BCUT2D eigenvalue weighted by Gasteiger charge is -2.29. The molecule has 0 bridgehead atoms. The first-order chi connectivity index (χ1) is 14.6. The maximum atomic E-state index is 12.6. The number of carbonyl (C=O) groups excluding carboxylic acids is 2. The second kappa shape index (κ2) is 9.15. The first kappa shape index (κ1) is 20.2. The number of piperazine rings is 1. The molecule has 0 unspecified atom stereocenters. The number of nitrogens with one attached hydrogen (secondary N) is 3. The van der Waals surface area contributed by atoms with E-state index in [4.69, 9.17) is 14.2 Å². The third kappa shape index (κ3) is 4.72. The fourth-order valence-corrected chi connectivity index (χ4v) is 3.88. The van der Waals surface area contributed by atoms with Crippen LogP contribution in [0.1, 0.15) is 10.4 Å². The Bertz CT molecular complexity index is 925. The molecule has 0 atom stereocenters. The van der Waals surface area contributed by atoms with Crippen LogP contribution in [0.3, 0.4) is 0 Å². The number of quaternary nitrogens is 2. The number of rotatable bonds is 7. The maximum absolute atomic E-state index is 12.6. The Hall–Kier alpha value is -3.10. The van der Waals surface area contributed by atoms with Crippen LogP contribution in [0, 0.1) is 0 Å². The lowest BCUT2D eigenvalue weighted by atomic mass is 10.1. The van der Waals surface area contributed by atoms with E-state index in [2.05, 4.69) is 5.32 Å². The third-order valence-electron chi connectivity index (χ3n) is 5.56. The number of ketones is 1. The lowest BCUT2D eigenvalue weighted by molar-refractivity contribution is -1.00. The molecule has 158 valence electrons. The van der Waals surface area contributed by atoms with E-state index in [0.717, 1.165) is 26.2 Å². The predicted octanol–water partition coefficient (Wildman–Crippen LogP) is -0.971. The highest BCUT2D eigenvalue weighted by atomic mass is 16.7. The molecule has 8 heteroatoms. The molecule has 0 aliphatic carbocycles. The average molecular weight is 413 g/mol. The van der Waals surface area contributed by atoms with Crippen LogP contribution in [0.15, 0.2) is 42.5 Å². The molecule has 1 fully saturated rings. The Morgan fingerprint density at radius 1 is 0.967 bits per heavy atom. The van der Waals surface area contributed by atoms with Gasteiger partial charge in [-0.2, -0.15) is 0 Å². The molecule has 2 aliphatic rings. The van der Waals surface area contributed by atoms with Crippen LogP contribution in [0.25, 0.3) is 0 Å². The van der Waals surface area contributed by atoms with Crippen molar-refractivity contribution in [2.24, 2.45) is 0 Å². The number of carbonyl (C=O) groups is 2. The molecule has 2 aromatic rings. The van der Waals surface area contributed by atoms with Crippen LogP contribution in [0.4, 0.5) is 5.69 Å². The summed E-state index contributed by atoms with van der Waals surface area (Å²) in [5, 5.41) is 2.93. The second-order valence-electron chi connectivity index (χ2n) is 7.59. The van der Waals surface area contributed by atoms with Crippen molar-refractivity contribution in [3.05, 3.63) is 48.0 Å². The number of amides is 1. The number of hydrogen-bond donors (Lipinski definition) is 3. The van der Waals surface area contributed by atoms with E-state index in [-0.39, 0.29) is 18.5 Å². The summed E-state index contributed by atoms with van der Waals surface area (Å²) in [5.74, 6) is 2.03. The van der Waals surface area contributed by atoms with Gasteiger partial charge in [0.25, 0.3) is 5.91 Å². The number of ether oxygens (including phenoxy) is 3. The molecule has 0 saturated carbocycles. The van der Waals surface area contributed by atoms with Crippen molar-refractivity contribution in [3.63, 3.8) is 0 Å². The number of hydrogen-bond acceptors (Lipinski definition) is 5. The van der Waals surface area contributed by atoms with Crippen molar-refractivity contribution in [2.45, 2.75) is 0 Å². The van der Waals surface area contributed by atoms with E-state index in [0.29, 0.717) is 41.6 Å². The van der Waals surface area contributed by atoms with Crippen molar-refractivity contribution in [1.29, 1.82) is 0 Å². The topological polar surface area (TPSA) is 82.7 Å². The van der Waals surface area contributed by atoms with Gasteiger partial charge >= 0.3 is 0 Å². The normalized spacial score (nSPS) is 19.9. The van der Waals surface area contributed by atoms with Crippen molar-refractivity contribution in [1.82, 2.24) is 0 Å². The first-order valence-corrected chi connectivity index (χ1v) is 10.2. The molecule has 2 heterocycles. The smallest absolute Gasteiger partial charge is 0.279 e. The number of anilines is 1. The van der Waals surface area contributed by atoms with Crippen LogP contribution in [0.5, 0.6) is 17.2 Å². The summed E-state index contributed by atoms with van der Waals surface area (Å²) in [5.41, 5.74) is 1.33. The van der Waals surface area contributed by atoms with Gasteiger partial charge in [-0.3, -0.25) is 9.59 Å². The number of para-hydroxylation sites is 2. The summed E-state index contributed by atoms with van der Waals surface area (Å²) in [6.07, 6.45) is 0. The summed E-state index contributed by atoms with van der Waals surface area (Å²) >= 11 is 0. The summed E-state index contributed by atoms with van der Waals surface area (Å²) in [7, 11) is 1.59. The van der Waals surface area contributed by atoms with E-state index < -0.39 is 0 Å². The molecule has 4 rings (SSSR count). The maximum Gasteiger partial charge on any atom is 0.279 e. The molecular formula is C22H27N3O5+2. The number of methoxy groups -OCH3 is 1. The number of Topliss-reactive ketones (excluding diaryl/α,β-unsaturated/α-hetero) is 1. The van der Waals surface area contributed by atoms with Gasteiger partial charge in [0.2, 0.25) is 12.6 Å². The number of fused-ring (bicyclic) bond motifs is 1. The highest BCUT2D eigenvalue weighted by molar-refractivity contribution is 5.97. The SMILES string of the molecule is COc1ccccc1NC(=O)C[NH+]1CC[NH+](CC(=O)c2ccc3c(c2)OCO3)CC1. The molecule has 3 N–H and O–H groups in total. The molecular weight excluding hydrogens is 386 g/mol. The molecule has 30 heavy (non-hydrogen) atoms. The van der Waals surface area contributed by atoms with Crippen molar-refractivity contribution in [2.75, 3.05) is 58.5 Å². The summed E-state index contributed by atoms with van der Waals surface area (Å²) in [6, 6.07) is 12.7. The highest BCUT2D eigenvalue weighted by Crippen LogP contribution is 2.32. The van der Waals surface area contributed by atoms with Gasteiger partial charge in [-0.05, 0) is 30.3 Å². The zero-order valence-electron chi connectivity index (χ0n) is 17.0. The predicted molar refractivity (Wildman–Crippen MR) is 110 cm³/mol. The van der Waals surface area contributed by atoms with Gasteiger partial charge in [0.15, 0.2) is 18.0 Å². The van der Waals surface area contributed by atoms with Gasteiger partial charge < -0.3 is 29.3 Å². The number of benzene rings is 2. The van der Waals surface area contributed by atoms with Gasteiger partial charge in [-0.1, -0.05) is 12.1 Å². The van der Waals surface area contributed by atoms with Gasteiger partial charge in [0, 0.05) is 5.56 Å². The van der Waals surface area contributed by atoms with E-state index in [1.165, 1.54) is 9.80 Å². The first-order valence-electron chi connectivity index (χ1n) is 10.2. The zero-order valence-corrected chi connectivity index (χ0v) is 17.0. The minimum Gasteiger partial charge on any atom is -0.495 e. The Balaban J connectivity index is 1.24. The molecule has 0 spiro atoms. The summed E-state index contributed by atoms with van der Waals surface area (Å²) in [4.78, 5) is 27.5. The van der Waals surface area contributed by atoms with Gasteiger partial charge in [0.1, 0.15) is 38.5 Å². The quantitative estimate of drug-likeness (QED) is 0.509. The van der Waals surface area contributed by atoms with E-state index >= 15 is 0 Å². The lowest BCUT2D eigenvalue weighted by Crippen LogP contribution is -3.28. The fourth-order valence-electron chi connectivity index (χ4n) is 3.88. The molecule has 0 aromatic heterocycles. The second-order valence-corrected chi connectivity index (χ2v) is 7.59. The van der Waals surface area contributed by atoms with Crippen LogP contribution in [-0.2, 0) is 4.79 Å². The van der Waals surface area contributed by atoms with Crippen LogP contribution >= 0.6 is 0 Å². The van der Waals surface area contributed by atoms with Crippen LogP contribution in [0.2, 0.25) is 0 Å². The molecule has 2 aromatic carbocycles. The largest absolute Gasteiger partial charge is 0.495 e. The van der Waals surface area contributed by atoms with Crippen LogP contribution < -0.4 is 29.3 Å². The van der Waals surface area contributed by atoms with Crippen molar-refractivity contribution < 1.29 is 33.6 Å². The van der Waals surface area contributed by atoms with Gasteiger partial charge in [0.05, 0.1) is 12.8 Å². The molecule has 2 aliphatic heterocycles. The summed E-state index contributed by atoms with van der Waals surface area (Å²) in [6.45, 7) is 4.46. The minimum atomic E-state index is -0.0330. The summed E-state index contributed by atoms with van der Waals surface area (Å²) < 4.78 is 15.9. The minimum absolute atomic E-state index is 0.0330. The van der Waals surface area contributed by atoms with Crippen molar-refractivity contribution >= 4 is 17.4 Å². The fraction of sp³-hybridized carbons (Fsp3) is 0.364.